The maximum absolute atomic E-state index is 12.8. The maximum atomic E-state index is 12.8. The molecule has 3 aromatic rings. The number of hydrogen-bond acceptors (Lipinski definition) is 7. The van der Waals surface area contributed by atoms with E-state index in [4.69, 9.17) is 4.74 Å². The Kier molecular flexibility index (Phi) is 7.79. The molecule has 1 N–H and O–H groups in total. The summed E-state index contributed by atoms with van der Waals surface area (Å²) < 4.78 is 6.81. The highest BCUT2D eigenvalue weighted by atomic mass is 16.5. The van der Waals surface area contributed by atoms with Crippen molar-refractivity contribution in [2.45, 2.75) is 13.5 Å². The van der Waals surface area contributed by atoms with Gasteiger partial charge in [-0.1, -0.05) is 6.07 Å². The minimum Gasteiger partial charge on any atom is -0.481 e. The molecule has 0 unspecified atom stereocenters. The Hall–Kier alpha value is -3.99. The van der Waals surface area contributed by atoms with Crippen molar-refractivity contribution in [3.8, 4) is 23.0 Å². The van der Waals surface area contributed by atoms with Crippen molar-refractivity contribution in [3.63, 3.8) is 0 Å². The maximum Gasteiger partial charge on any atom is 0.317 e. The van der Waals surface area contributed by atoms with Crippen molar-refractivity contribution in [2.75, 3.05) is 53.9 Å². The first-order valence-corrected chi connectivity index (χ1v) is 11.9. The van der Waals surface area contributed by atoms with Crippen LogP contribution in [0.1, 0.15) is 23.0 Å². The van der Waals surface area contributed by atoms with Crippen LogP contribution in [-0.4, -0.2) is 100 Å². The highest BCUT2D eigenvalue weighted by molar-refractivity contribution is 5.93. The Morgan fingerprint density at radius 1 is 1.08 bits per heavy atom. The Balaban J connectivity index is 1.54. The van der Waals surface area contributed by atoms with Gasteiger partial charge in [-0.3, -0.25) is 9.78 Å². The molecule has 0 aliphatic carbocycles. The van der Waals surface area contributed by atoms with Crippen LogP contribution in [0.3, 0.4) is 0 Å². The first-order chi connectivity index (χ1) is 17.4. The summed E-state index contributed by atoms with van der Waals surface area (Å²) >= 11 is 0. The van der Waals surface area contributed by atoms with Crippen molar-refractivity contribution in [1.82, 2.24) is 39.8 Å². The number of amides is 3. The molecular formula is C25H32N8O3. The fourth-order valence-corrected chi connectivity index (χ4v) is 3.80. The molecule has 0 saturated carbocycles. The second-order valence-electron chi connectivity index (χ2n) is 8.71. The Morgan fingerprint density at radius 3 is 2.47 bits per heavy atom. The standard InChI is InChI=1S/C25H32N8O3/c1-5-31(3)24(34)21-14-22(33(29-21)19-7-9-23(36-4)27-17-19)20-8-6-18(15-26-20)16-28-25(35)32-12-10-30(2)11-13-32/h6-9,14-15,17H,5,10-13,16H2,1-4H3,(H,28,35). The monoisotopic (exact) mass is 492 g/mol. The van der Waals surface area contributed by atoms with Gasteiger partial charge in [0.25, 0.3) is 5.91 Å². The highest BCUT2D eigenvalue weighted by Gasteiger charge is 2.21. The van der Waals surface area contributed by atoms with Gasteiger partial charge in [0.1, 0.15) is 0 Å². The molecule has 0 radical (unpaired) electrons. The van der Waals surface area contributed by atoms with E-state index in [9.17, 15) is 9.59 Å². The van der Waals surface area contributed by atoms with Crippen LogP contribution in [0.5, 0.6) is 5.88 Å². The molecule has 0 spiro atoms. The molecule has 11 heteroatoms. The molecule has 1 saturated heterocycles. The predicted octanol–water partition coefficient (Wildman–Crippen LogP) is 1.89. The van der Waals surface area contributed by atoms with Gasteiger partial charge in [0.05, 0.1) is 30.4 Å². The molecule has 1 aliphatic heterocycles. The lowest BCUT2D eigenvalue weighted by molar-refractivity contribution is 0.0796. The summed E-state index contributed by atoms with van der Waals surface area (Å²) in [4.78, 5) is 39.8. The summed E-state index contributed by atoms with van der Waals surface area (Å²) in [6, 6.07) is 8.99. The number of methoxy groups -OCH3 is 1. The second-order valence-corrected chi connectivity index (χ2v) is 8.71. The zero-order valence-corrected chi connectivity index (χ0v) is 21.1. The fraction of sp³-hybridized carbons (Fsp3) is 0.400. The quantitative estimate of drug-likeness (QED) is 0.536. The number of nitrogens with zero attached hydrogens (tertiary/aromatic N) is 7. The third-order valence-electron chi connectivity index (χ3n) is 6.25. The van der Waals surface area contributed by atoms with Gasteiger partial charge in [-0.05, 0) is 37.7 Å². The van der Waals surface area contributed by atoms with Crippen molar-refractivity contribution in [1.29, 1.82) is 0 Å². The first kappa shape index (κ1) is 25.1. The number of carbonyl (C=O) groups is 2. The van der Waals surface area contributed by atoms with Crippen LogP contribution in [0.2, 0.25) is 0 Å². The molecule has 1 aliphatic rings. The van der Waals surface area contributed by atoms with E-state index in [1.54, 1.807) is 48.3 Å². The largest absolute Gasteiger partial charge is 0.481 e. The van der Waals surface area contributed by atoms with E-state index in [2.05, 4.69) is 32.3 Å². The van der Waals surface area contributed by atoms with E-state index >= 15 is 0 Å². The number of rotatable bonds is 7. The van der Waals surface area contributed by atoms with Gasteiger partial charge in [0.2, 0.25) is 5.88 Å². The number of urea groups is 1. The SMILES string of the molecule is CCN(C)C(=O)c1cc(-c2ccc(CNC(=O)N3CCN(C)CC3)cn2)n(-c2ccc(OC)nc2)n1. The van der Waals surface area contributed by atoms with Crippen molar-refractivity contribution < 1.29 is 14.3 Å². The molecule has 11 nitrogen and oxygen atoms in total. The molecule has 0 atom stereocenters. The average molecular weight is 493 g/mol. The Bertz CT molecular complexity index is 1190. The third kappa shape index (κ3) is 5.62. The highest BCUT2D eigenvalue weighted by Crippen LogP contribution is 2.24. The summed E-state index contributed by atoms with van der Waals surface area (Å²) in [6.07, 6.45) is 3.36. The van der Waals surface area contributed by atoms with E-state index in [-0.39, 0.29) is 11.9 Å². The van der Waals surface area contributed by atoms with Gasteiger partial charge in [-0.15, -0.1) is 0 Å². The van der Waals surface area contributed by atoms with Crippen LogP contribution >= 0.6 is 0 Å². The van der Waals surface area contributed by atoms with Crippen LogP contribution in [0.4, 0.5) is 4.79 Å². The molecule has 1 fully saturated rings. The summed E-state index contributed by atoms with van der Waals surface area (Å²) in [5.41, 5.74) is 3.17. The Labute approximate surface area is 210 Å². The normalized spacial score (nSPS) is 13.9. The zero-order valence-electron chi connectivity index (χ0n) is 21.1. The number of carbonyl (C=O) groups excluding carboxylic acids is 2. The molecule has 190 valence electrons. The lowest BCUT2D eigenvalue weighted by Gasteiger charge is -2.32. The molecule has 3 amide bonds. The van der Waals surface area contributed by atoms with E-state index in [1.807, 2.05) is 30.0 Å². The van der Waals surface area contributed by atoms with Gasteiger partial charge in [0.15, 0.2) is 5.69 Å². The van der Waals surface area contributed by atoms with E-state index in [0.717, 1.165) is 31.7 Å². The van der Waals surface area contributed by atoms with Gasteiger partial charge >= 0.3 is 6.03 Å². The zero-order chi connectivity index (χ0) is 25.7. The minimum atomic E-state index is -0.179. The van der Waals surface area contributed by atoms with Gasteiger partial charge < -0.3 is 24.8 Å². The molecular weight excluding hydrogens is 460 g/mol. The van der Waals surface area contributed by atoms with Gasteiger partial charge in [0, 0.05) is 58.6 Å². The molecule has 0 bridgehead atoms. The molecule has 4 rings (SSSR count). The molecule has 0 aromatic carbocycles. The number of nitrogens with one attached hydrogen (secondary N) is 1. The lowest BCUT2D eigenvalue weighted by Crippen LogP contribution is -2.50. The van der Waals surface area contributed by atoms with Gasteiger partial charge in [-0.25, -0.2) is 14.5 Å². The van der Waals surface area contributed by atoms with Crippen LogP contribution in [0, 0.1) is 0 Å². The Morgan fingerprint density at radius 2 is 1.86 bits per heavy atom. The summed E-state index contributed by atoms with van der Waals surface area (Å²) in [5.74, 6) is 0.304. The van der Waals surface area contributed by atoms with Crippen LogP contribution in [0.25, 0.3) is 17.1 Å². The second kappa shape index (κ2) is 11.2. The van der Waals surface area contributed by atoms with E-state index in [0.29, 0.717) is 41.7 Å². The summed E-state index contributed by atoms with van der Waals surface area (Å²) in [5, 5.41) is 7.53. The topological polar surface area (TPSA) is 109 Å². The number of likely N-dealkylation sites (N-methyl/N-ethyl adjacent to an activating group) is 1. The number of hydrogen-bond donors (Lipinski definition) is 1. The van der Waals surface area contributed by atoms with Crippen LogP contribution < -0.4 is 10.1 Å². The van der Waals surface area contributed by atoms with Crippen LogP contribution in [0.15, 0.2) is 42.7 Å². The van der Waals surface area contributed by atoms with E-state index < -0.39 is 0 Å². The van der Waals surface area contributed by atoms with Crippen molar-refractivity contribution in [3.05, 3.63) is 54.0 Å². The van der Waals surface area contributed by atoms with Crippen molar-refractivity contribution in [2.24, 2.45) is 0 Å². The predicted molar refractivity (Wildman–Crippen MR) is 135 cm³/mol. The molecule has 3 aromatic heterocycles. The number of piperazine rings is 1. The molecule has 4 heterocycles. The third-order valence-corrected chi connectivity index (χ3v) is 6.25. The summed E-state index contributed by atoms with van der Waals surface area (Å²) in [7, 11) is 5.34. The minimum absolute atomic E-state index is 0.0690. The fourth-order valence-electron chi connectivity index (χ4n) is 3.80. The lowest BCUT2D eigenvalue weighted by atomic mass is 10.2. The average Bonchev–Trinajstić information content (AvgIpc) is 3.37. The number of aromatic nitrogens is 4. The van der Waals surface area contributed by atoms with Crippen LogP contribution in [-0.2, 0) is 6.54 Å². The number of ether oxygens (including phenoxy) is 1. The number of pyridine rings is 2. The van der Waals surface area contributed by atoms with E-state index in [1.165, 1.54) is 0 Å². The van der Waals surface area contributed by atoms with Gasteiger partial charge in [-0.2, -0.15) is 5.10 Å². The first-order valence-electron chi connectivity index (χ1n) is 11.9. The smallest absolute Gasteiger partial charge is 0.317 e. The molecule has 36 heavy (non-hydrogen) atoms. The summed E-state index contributed by atoms with van der Waals surface area (Å²) in [6.45, 7) is 6.05. The van der Waals surface area contributed by atoms with Crippen molar-refractivity contribution >= 4 is 11.9 Å².